The van der Waals surface area contributed by atoms with Crippen LogP contribution in [0.5, 0.6) is 0 Å². The normalized spacial score (nSPS) is 23.9. The van der Waals surface area contributed by atoms with E-state index in [0.717, 1.165) is 29.3 Å². The molecular weight excluding hydrogens is 248 g/mol. The van der Waals surface area contributed by atoms with Crippen molar-refractivity contribution in [2.24, 2.45) is 5.41 Å². The van der Waals surface area contributed by atoms with Gasteiger partial charge in [0.1, 0.15) is 0 Å². The minimum atomic E-state index is -0.701. The average Bonchev–Trinajstić information content (AvgIpc) is 2.68. The summed E-state index contributed by atoms with van der Waals surface area (Å²) in [7, 11) is 0. The first-order valence-electron chi connectivity index (χ1n) is 6.46. The number of benzene rings is 1. The third kappa shape index (κ3) is 1.32. The first kappa shape index (κ1) is 10.8. The summed E-state index contributed by atoms with van der Waals surface area (Å²) >= 11 is 6.13. The zero-order valence-electron chi connectivity index (χ0n) is 10.0. The van der Waals surface area contributed by atoms with Crippen LogP contribution >= 0.6 is 11.6 Å². The second-order valence-corrected chi connectivity index (χ2v) is 6.46. The van der Waals surface area contributed by atoms with E-state index >= 15 is 0 Å². The molecular formula is C14H15ClN2O. The molecule has 0 amide bonds. The quantitative estimate of drug-likeness (QED) is 0.828. The molecule has 1 heterocycles. The number of nitrogens with one attached hydrogen (secondary N) is 1. The first-order valence-corrected chi connectivity index (χ1v) is 6.84. The Balaban J connectivity index is 1.80. The van der Waals surface area contributed by atoms with Crippen LogP contribution in [0.2, 0.25) is 5.02 Å². The average molecular weight is 263 g/mol. The van der Waals surface area contributed by atoms with Gasteiger partial charge in [-0.1, -0.05) is 18.0 Å². The standard InChI is InChI=1S/C14H15ClN2O/c15-9-4-11(10-6-16-17-12(10)5-9)14(18)7-13(8-14)2-1-3-13/h4-6,18H,1-3,7-8H2,(H,16,17). The van der Waals surface area contributed by atoms with E-state index in [1.807, 2.05) is 12.1 Å². The summed E-state index contributed by atoms with van der Waals surface area (Å²) in [5, 5.41) is 19.5. The van der Waals surface area contributed by atoms with Crippen LogP contribution in [-0.4, -0.2) is 15.3 Å². The van der Waals surface area contributed by atoms with Crippen LogP contribution < -0.4 is 0 Å². The molecule has 1 aromatic carbocycles. The molecule has 1 spiro atoms. The number of halogens is 1. The number of fused-ring (bicyclic) bond motifs is 1. The maximum absolute atomic E-state index is 10.8. The van der Waals surface area contributed by atoms with Crippen LogP contribution in [-0.2, 0) is 5.60 Å². The number of aromatic nitrogens is 2. The van der Waals surface area contributed by atoms with Crippen LogP contribution in [0.4, 0.5) is 0 Å². The van der Waals surface area contributed by atoms with Crippen molar-refractivity contribution in [2.75, 3.05) is 0 Å². The maximum Gasteiger partial charge on any atom is 0.0914 e. The zero-order chi connectivity index (χ0) is 12.4. The van der Waals surface area contributed by atoms with Gasteiger partial charge in [0.2, 0.25) is 0 Å². The summed E-state index contributed by atoms with van der Waals surface area (Å²) in [6.07, 6.45) is 7.38. The number of aliphatic hydroxyl groups is 1. The fourth-order valence-electron chi connectivity index (χ4n) is 3.81. The number of nitrogens with zero attached hydrogens (tertiary/aromatic N) is 1. The van der Waals surface area contributed by atoms with Crippen molar-refractivity contribution >= 4 is 22.5 Å². The highest BCUT2D eigenvalue weighted by Gasteiger charge is 2.57. The van der Waals surface area contributed by atoms with Gasteiger partial charge in [0.25, 0.3) is 0 Å². The Bertz CT molecular complexity index is 622. The van der Waals surface area contributed by atoms with Crippen LogP contribution in [0.1, 0.15) is 37.7 Å². The topological polar surface area (TPSA) is 48.9 Å². The van der Waals surface area contributed by atoms with E-state index in [0.29, 0.717) is 10.4 Å². The van der Waals surface area contributed by atoms with Gasteiger partial charge in [0.05, 0.1) is 17.3 Å². The first-order chi connectivity index (χ1) is 8.60. The van der Waals surface area contributed by atoms with Gasteiger partial charge in [-0.05, 0) is 48.8 Å². The molecule has 0 radical (unpaired) electrons. The second-order valence-electron chi connectivity index (χ2n) is 6.02. The summed E-state index contributed by atoms with van der Waals surface area (Å²) in [6, 6.07) is 3.75. The van der Waals surface area contributed by atoms with Gasteiger partial charge in [-0.2, -0.15) is 5.10 Å². The van der Waals surface area contributed by atoms with E-state index in [1.165, 1.54) is 19.3 Å². The smallest absolute Gasteiger partial charge is 0.0914 e. The molecule has 0 aliphatic heterocycles. The highest BCUT2D eigenvalue weighted by Crippen LogP contribution is 2.64. The van der Waals surface area contributed by atoms with E-state index < -0.39 is 5.60 Å². The molecule has 0 atom stereocenters. The molecule has 1 aromatic heterocycles. The van der Waals surface area contributed by atoms with Crippen molar-refractivity contribution in [3.8, 4) is 0 Å². The summed E-state index contributed by atoms with van der Waals surface area (Å²) < 4.78 is 0. The van der Waals surface area contributed by atoms with Gasteiger partial charge in [-0.25, -0.2) is 0 Å². The Labute approximate surface area is 110 Å². The molecule has 4 rings (SSSR count). The van der Waals surface area contributed by atoms with Gasteiger partial charge in [-0.15, -0.1) is 0 Å². The van der Waals surface area contributed by atoms with Crippen molar-refractivity contribution in [2.45, 2.75) is 37.7 Å². The third-order valence-corrected chi connectivity index (χ3v) is 4.99. The molecule has 2 aliphatic carbocycles. The van der Waals surface area contributed by atoms with Crippen molar-refractivity contribution in [3.63, 3.8) is 0 Å². The molecule has 0 bridgehead atoms. The lowest BCUT2D eigenvalue weighted by atomic mass is 9.48. The lowest BCUT2D eigenvalue weighted by Gasteiger charge is -2.59. The Hall–Kier alpha value is -1.06. The Morgan fingerprint density at radius 1 is 1.28 bits per heavy atom. The van der Waals surface area contributed by atoms with Crippen molar-refractivity contribution < 1.29 is 5.11 Å². The predicted octanol–water partition coefficient (Wildman–Crippen LogP) is 3.37. The largest absolute Gasteiger partial charge is 0.385 e. The molecule has 2 fully saturated rings. The van der Waals surface area contributed by atoms with Crippen molar-refractivity contribution in [1.82, 2.24) is 10.2 Å². The monoisotopic (exact) mass is 262 g/mol. The lowest BCUT2D eigenvalue weighted by molar-refractivity contribution is -0.167. The summed E-state index contributed by atoms with van der Waals surface area (Å²) in [6.45, 7) is 0. The Morgan fingerprint density at radius 2 is 2.06 bits per heavy atom. The van der Waals surface area contributed by atoms with Gasteiger partial charge >= 0.3 is 0 Å². The molecule has 18 heavy (non-hydrogen) atoms. The maximum atomic E-state index is 10.8. The number of aromatic amines is 1. The molecule has 0 saturated heterocycles. The Kier molecular flexibility index (Phi) is 1.97. The highest BCUT2D eigenvalue weighted by atomic mass is 35.5. The molecule has 3 nitrogen and oxygen atoms in total. The van der Waals surface area contributed by atoms with Gasteiger partial charge in [0, 0.05) is 10.4 Å². The summed E-state index contributed by atoms with van der Waals surface area (Å²) in [5.41, 5.74) is 1.57. The molecule has 2 N–H and O–H groups in total. The molecule has 94 valence electrons. The minimum Gasteiger partial charge on any atom is -0.385 e. The molecule has 2 aliphatic rings. The van der Waals surface area contributed by atoms with E-state index in [-0.39, 0.29) is 0 Å². The second kappa shape index (κ2) is 3.28. The number of hydrogen-bond donors (Lipinski definition) is 2. The number of H-pyrrole nitrogens is 1. The fraction of sp³-hybridized carbons (Fsp3) is 0.500. The highest BCUT2D eigenvalue weighted by molar-refractivity contribution is 6.31. The van der Waals surface area contributed by atoms with Gasteiger partial charge in [0.15, 0.2) is 0 Å². The molecule has 4 heteroatoms. The van der Waals surface area contributed by atoms with Crippen LogP contribution in [0.15, 0.2) is 18.3 Å². The van der Waals surface area contributed by atoms with E-state index in [9.17, 15) is 5.11 Å². The van der Waals surface area contributed by atoms with Crippen LogP contribution in [0.25, 0.3) is 10.9 Å². The minimum absolute atomic E-state index is 0.424. The Morgan fingerprint density at radius 3 is 2.72 bits per heavy atom. The molecule has 2 saturated carbocycles. The number of rotatable bonds is 1. The number of hydrogen-bond acceptors (Lipinski definition) is 2. The summed E-state index contributed by atoms with van der Waals surface area (Å²) in [5.74, 6) is 0. The van der Waals surface area contributed by atoms with Crippen LogP contribution in [0, 0.1) is 5.41 Å². The zero-order valence-corrected chi connectivity index (χ0v) is 10.8. The third-order valence-electron chi connectivity index (χ3n) is 4.77. The van der Waals surface area contributed by atoms with Crippen molar-refractivity contribution in [1.29, 1.82) is 0 Å². The van der Waals surface area contributed by atoms with E-state index in [1.54, 1.807) is 6.20 Å². The van der Waals surface area contributed by atoms with Crippen LogP contribution in [0.3, 0.4) is 0 Å². The SMILES string of the molecule is OC1(c2cc(Cl)cc3[nH]ncc23)CC2(CCC2)C1. The predicted molar refractivity (Wildman–Crippen MR) is 70.5 cm³/mol. The summed E-state index contributed by atoms with van der Waals surface area (Å²) in [4.78, 5) is 0. The lowest BCUT2D eigenvalue weighted by Crippen LogP contribution is -2.53. The van der Waals surface area contributed by atoms with Gasteiger partial charge in [-0.3, -0.25) is 5.10 Å². The molecule has 0 unspecified atom stereocenters. The van der Waals surface area contributed by atoms with E-state index in [4.69, 9.17) is 11.6 Å². The van der Waals surface area contributed by atoms with Gasteiger partial charge < -0.3 is 5.11 Å². The fourth-order valence-corrected chi connectivity index (χ4v) is 4.03. The van der Waals surface area contributed by atoms with E-state index in [2.05, 4.69) is 10.2 Å². The van der Waals surface area contributed by atoms with Crippen molar-refractivity contribution in [3.05, 3.63) is 28.9 Å². The molecule has 2 aromatic rings.